The Morgan fingerprint density at radius 1 is 1.25 bits per heavy atom. The second-order valence-corrected chi connectivity index (χ2v) is 5.98. The number of alkyl halides is 2. The van der Waals surface area contributed by atoms with Gasteiger partial charge in [-0.3, -0.25) is 9.48 Å². The van der Waals surface area contributed by atoms with E-state index < -0.39 is 24.6 Å². The Kier molecular flexibility index (Phi) is 6.86. The Morgan fingerprint density at radius 3 is 2.54 bits per heavy atom. The third-order valence-corrected chi connectivity index (χ3v) is 3.97. The first-order valence-corrected chi connectivity index (χ1v) is 8.42. The number of carbonyl (C=O) groups excluding carboxylic acids is 2. The van der Waals surface area contributed by atoms with Crippen molar-refractivity contribution in [2.45, 2.75) is 33.5 Å². The number of ether oxygens (including phenoxy) is 2. The molecule has 0 aliphatic rings. The van der Waals surface area contributed by atoms with Crippen molar-refractivity contribution >= 4 is 23.6 Å². The highest BCUT2D eigenvalue weighted by Gasteiger charge is 2.19. The van der Waals surface area contributed by atoms with Gasteiger partial charge in [0.1, 0.15) is 5.75 Å². The van der Waals surface area contributed by atoms with Crippen LogP contribution < -0.4 is 10.1 Å². The second kappa shape index (κ2) is 9.12. The summed E-state index contributed by atoms with van der Waals surface area (Å²) >= 11 is 0. The van der Waals surface area contributed by atoms with Gasteiger partial charge in [0.15, 0.2) is 6.10 Å². The molecule has 1 amide bonds. The monoisotopic (exact) mass is 393 g/mol. The van der Waals surface area contributed by atoms with E-state index in [0.717, 1.165) is 17.0 Å². The maximum Gasteiger partial charge on any atom is 0.387 e. The lowest BCUT2D eigenvalue weighted by atomic mass is 10.2. The highest BCUT2D eigenvalue weighted by atomic mass is 19.3. The molecule has 0 saturated carbocycles. The van der Waals surface area contributed by atoms with Crippen LogP contribution in [0.2, 0.25) is 0 Å². The molecule has 150 valence electrons. The van der Waals surface area contributed by atoms with Crippen LogP contribution in [0.15, 0.2) is 30.3 Å². The fourth-order valence-electron chi connectivity index (χ4n) is 2.45. The smallest absolute Gasteiger partial charge is 0.387 e. The third kappa shape index (κ3) is 5.38. The highest BCUT2D eigenvalue weighted by molar-refractivity contribution is 5.97. The molecule has 0 unspecified atom stereocenters. The number of esters is 1. The van der Waals surface area contributed by atoms with E-state index >= 15 is 0 Å². The Morgan fingerprint density at radius 2 is 1.93 bits per heavy atom. The molecule has 0 saturated heterocycles. The van der Waals surface area contributed by atoms with Crippen molar-refractivity contribution in [3.8, 4) is 5.75 Å². The van der Waals surface area contributed by atoms with Crippen molar-refractivity contribution in [3.05, 3.63) is 47.3 Å². The Hall–Kier alpha value is -3.23. The quantitative estimate of drug-likeness (QED) is 0.577. The largest absolute Gasteiger partial charge is 0.449 e. The molecule has 1 heterocycles. The number of hydrogen-bond acceptors (Lipinski definition) is 5. The summed E-state index contributed by atoms with van der Waals surface area (Å²) in [5, 5.41) is 6.64. The molecular formula is C19H21F2N3O4. The number of para-hydroxylation sites is 2. The number of carbonyl (C=O) groups is 2. The van der Waals surface area contributed by atoms with Gasteiger partial charge >= 0.3 is 12.6 Å². The van der Waals surface area contributed by atoms with Crippen LogP contribution in [0.5, 0.6) is 5.75 Å². The van der Waals surface area contributed by atoms with E-state index in [2.05, 4.69) is 15.2 Å². The van der Waals surface area contributed by atoms with E-state index in [1.54, 1.807) is 23.9 Å². The summed E-state index contributed by atoms with van der Waals surface area (Å²) in [6.45, 7) is 2.02. The topological polar surface area (TPSA) is 82.5 Å². The number of halogens is 2. The minimum atomic E-state index is -3.03. The Bertz CT molecular complexity index is 893. The zero-order chi connectivity index (χ0) is 20.8. The maximum absolute atomic E-state index is 12.4. The summed E-state index contributed by atoms with van der Waals surface area (Å²) in [5.74, 6) is -1.59. The standard InChI is InChI=1S/C19H21F2N3O4/c1-11-14(12(2)24(4)23-11)9-10-17(25)27-13(3)18(26)22-15-7-5-6-8-16(15)28-19(20)21/h5-10,13,19H,1-4H3,(H,22,26)/b10-9+/t13-/m1/s1. The molecule has 0 aliphatic carbocycles. The molecule has 1 N–H and O–H groups in total. The van der Waals surface area contributed by atoms with E-state index in [-0.39, 0.29) is 11.4 Å². The van der Waals surface area contributed by atoms with E-state index in [4.69, 9.17) is 4.74 Å². The molecule has 2 rings (SSSR count). The van der Waals surface area contributed by atoms with Crippen LogP contribution in [-0.2, 0) is 21.4 Å². The summed E-state index contributed by atoms with van der Waals surface area (Å²) in [6, 6.07) is 5.73. The summed E-state index contributed by atoms with van der Waals surface area (Å²) < 4.78 is 36.0. The first-order valence-electron chi connectivity index (χ1n) is 8.42. The predicted molar refractivity (Wildman–Crippen MR) is 99.0 cm³/mol. The zero-order valence-electron chi connectivity index (χ0n) is 15.9. The van der Waals surface area contributed by atoms with Crippen molar-refractivity contribution in [3.63, 3.8) is 0 Å². The minimum absolute atomic E-state index is 0.0489. The van der Waals surface area contributed by atoms with E-state index in [9.17, 15) is 18.4 Å². The number of anilines is 1. The molecule has 7 nitrogen and oxygen atoms in total. The number of nitrogens with zero attached hydrogens (tertiary/aromatic N) is 2. The Balaban J connectivity index is 1.99. The highest BCUT2D eigenvalue weighted by Crippen LogP contribution is 2.25. The van der Waals surface area contributed by atoms with Gasteiger partial charge in [-0.25, -0.2) is 4.79 Å². The van der Waals surface area contributed by atoms with Gasteiger partial charge in [0.05, 0.1) is 11.4 Å². The Labute approximate surface area is 160 Å². The van der Waals surface area contributed by atoms with E-state index in [1.165, 1.54) is 31.2 Å². The molecule has 0 aliphatic heterocycles. The van der Waals surface area contributed by atoms with Crippen molar-refractivity contribution in [1.82, 2.24) is 9.78 Å². The zero-order valence-corrected chi connectivity index (χ0v) is 15.9. The fraction of sp³-hybridized carbons (Fsp3) is 0.316. The molecule has 1 aromatic carbocycles. The first-order chi connectivity index (χ1) is 13.2. The van der Waals surface area contributed by atoms with Gasteiger partial charge in [-0.05, 0) is 39.0 Å². The molecule has 9 heteroatoms. The molecule has 1 atom stereocenters. The van der Waals surface area contributed by atoms with Crippen molar-refractivity contribution in [2.24, 2.45) is 7.05 Å². The van der Waals surface area contributed by atoms with E-state index in [1.807, 2.05) is 13.8 Å². The second-order valence-electron chi connectivity index (χ2n) is 5.98. The van der Waals surface area contributed by atoms with Gasteiger partial charge in [-0.2, -0.15) is 13.9 Å². The van der Waals surface area contributed by atoms with Crippen LogP contribution in [0.1, 0.15) is 23.9 Å². The van der Waals surface area contributed by atoms with Crippen LogP contribution in [0.4, 0.5) is 14.5 Å². The fourth-order valence-corrected chi connectivity index (χ4v) is 2.45. The lowest BCUT2D eigenvalue weighted by Crippen LogP contribution is -2.29. The summed E-state index contributed by atoms with van der Waals surface area (Å²) in [7, 11) is 1.79. The van der Waals surface area contributed by atoms with Crippen molar-refractivity contribution in [2.75, 3.05) is 5.32 Å². The summed E-state index contributed by atoms with van der Waals surface area (Å²) in [4.78, 5) is 24.2. The first kappa shape index (κ1) is 21.1. The summed E-state index contributed by atoms with van der Waals surface area (Å²) in [5.41, 5.74) is 2.47. The average Bonchev–Trinajstić information content (AvgIpc) is 2.86. The molecule has 0 fully saturated rings. The van der Waals surface area contributed by atoms with E-state index in [0.29, 0.717) is 0 Å². The van der Waals surface area contributed by atoms with Gasteiger partial charge in [0, 0.05) is 24.4 Å². The maximum atomic E-state index is 12.4. The van der Waals surface area contributed by atoms with Crippen LogP contribution in [0.25, 0.3) is 6.08 Å². The van der Waals surface area contributed by atoms with Gasteiger partial charge in [-0.15, -0.1) is 0 Å². The van der Waals surface area contributed by atoms with Crippen molar-refractivity contribution in [1.29, 1.82) is 0 Å². The van der Waals surface area contributed by atoms with Crippen LogP contribution in [0, 0.1) is 13.8 Å². The average molecular weight is 393 g/mol. The number of nitrogens with one attached hydrogen (secondary N) is 1. The number of aryl methyl sites for hydroxylation is 2. The number of amides is 1. The number of benzene rings is 1. The van der Waals surface area contributed by atoms with Crippen LogP contribution >= 0.6 is 0 Å². The molecule has 0 bridgehead atoms. The number of aromatic nitrogens is 2. The predicted octanol–water partition coefficient (Wildman–Crippen LogP) is 3.22. The molecule has 2 aromatic rings. The van der Waals surface area contributed by atoms with Crippen LogP contribution in [0.3, 0.4) is 0 Å². The van der Waals surface area contributed by atoms with Gasteiger partial charge in [0.25, 0.3) is 5.91 Å². The van der Waals surface area contributed by atoms with Gasteiger partial charge < -0.3 is 14.8 Å². The minimum Gasteiger partial charge on any atom is -0.449 e. The van der Waals surface area contributed by atoms with Gasteiger partial charge in [0.2, 0.25) is 0 Å². The third-order valence-electron chi connectivity index (χ3n) is 3.97. The lowest BCUT2D eigenvalue weighted by molar-refractivity contribution is -0.148. The molecule has 0 spiro atoms. The number of hydrogen-bond donors (Lipinski definition) is 1. The SMILES string of the molecule is Cc1nn(C)c(C)c1/C=C/C(=O)O[C@H](C)C(=O)Nc1ccccc1OC(F)F. The molecule has 0 radical (unpaired) electrons. The lowest BCUT2D eigenvalue weighted by Gasteiger charge is -2.15. The van der Waals surface area contributed by atoms with Crippen LogP contribution in [-0.4, -0.2) is 34.4 Å². The summed E-state index contributed by atoms with van der Waals surface area (Å²) in [6.07, 6.45) is 1.62. The van der Waals surface area contributed by atoms with Crippen molar-refractivity contribution < 1.29 is 27.8 Å². The van der Waals surface area contributed by atoms with Gasteiger partial charge in [-0.1, -0.05) is 12.1 Å². The molecular weight excluding hydrogens is 372 g/mol. The number of rotatable bonds is 7. The molecule has 28 heavy (non-hydrogen) atoms. The normalized spacial score (nSPS) is 12.2. The molecule has 1 aromatic heterocycles.